The smallest absolute Gasteiger partial charge is 0.329 e. The maximum atomic E-state index is 12.9. The lowest BCUT2D eigenvalue weighted by Crippen LogP contribution is -2.32. The Morgan fingerprint density at radius 3 is 2.24 bits per heavy atom. The molecule has 3 N–H and O–H groups in total. The van der Waals surface area contributed by atoms with E-state index < -0.39 is 17.6 Å². The van der Waals surface area contributed by atoms with E-state index in [2.05, 4.69) is 21.2 Å². The number of benzene rings is 3. The highest BCUT2D eigenvalue weighted by Crippen LogP contribution is 2.17. The van der Waals surface area contributed by atoms with Gasteiger partial charge in [0.25, 0.3) is 5.91 Å². The van der Waals surface area contributed by atoms with Crippen LogP contribution in [0.4, 0.5) is 15.8 Å². The lowest BCUT2D eigenvalue weighted by atomic mass is 10.2. The molecule has 0 saturated heterocycles. The predicted octanol–water partition coefficient (Wildman–Crippen LogP) is 3.59. The van der Waals surface area contributed by atoms with Crippen LogP contribution in [-0.2, 0) is 14.4 Å². The van der Waals surface area contributed by atoms with E-state index >= 15 is 0 Å². The summed E-state index contributed by atoms with van der Waals surface area (Å²) in [6, 6.07) is 18.3. The van der Waals surface area contributed by atoms with E-state index in [0.29, 0.717) is 22.0 Å². The highest BCUT2D eigenvalue weighted by molar-refractivity contribution is 6.39. The summed E-state index contributed by atoms with van der Waals surface area (Å²) < 4.78 is 18.4. The lowest BCUT2D eigenvalue weighted by molar-refractivity contribution is -0.136. The number of halogens is 2. The van der Waals surface area contributed by atoms with Crippen molar-refractivity contribution in [3.63, 3.8) is 0 Å². The Morgan fingerprint density at radius 1 is 0.879 bits per heavy atom. The SMILES string of the molecule is O=C(COc1ccccc1/C=N\NC(=O)C(=O)Nc1ccc(F)cc1)Nc1ccc(Cl)cc1. The van der Waals surface area contributed by atoms with Gasteiger partial charge in [0.15, 0.2) is 6.61 Å². The number of ether oxygens (including phenoxy) is 1. The van der Waals surface area contributed by atoms with Gasteiger partial charge in [0.1, 0.15) is 11.6 Å². The maximum absolute atomic E-state index is 12.9. The Morgan fingerprint density at radius 2 is 1.52 bits per heavy atom. The summed E-state index contributed by atoms with van der Waals surface area (Å²) in [7, 11) is 0. The van der Waals surface area contributed by atoms with Crippen molar-refractivity contribution < 1.29 is 23.5 Å². The maximum Gasteiger partial charge on any atom is 0.329 e. The molecule has 0 heterocycles. The van der Waals surface area contributed by atoms with Gasteiger partial charge in [0, 0.05) is 22.0 Å². The Kier molecular flexibility index (Phi) is 8.09. The normalized spacial score (nSPS) is 10.5. The molecular weight excluding hydrogens is 451 g/mol. The number of amides is 3. The number of para-hydroxylation sites is 1. The van der Waals surface area contributed by atoms with E-state index in [1.165, 1.54) is 18.3 Å². The number of rotatable bonds is 7. The molecule has 3 aromatic rings. The van der Waals surface area contributed by atoms with Crippen molar-refractivity contribution in [3.05, 3.63) is 89.2 Å². The van der Waals surface area contributed by atoms with Crippen LogP contribution < -0.4 is 20.8 Å². The zero-order valence-corrected chi connectivity index (χ0v) is 17.8. The van der Waals surface area contributed by atoms with E-state index in [1.807, 2.05) is 0 Å². The number of hydrogen-bond donors (Lipinski definition) is 3. The van der Waals surface area contributed by atoms with Crippen molar-refractivity contribution in [1.29, 1.82) is 0 Å². The highest BCUT2D eigenvalue weighted by atomic mass is 35.5. The summed E-state index contributed by atoms with van der Waals surface area (Å²) in [6.45, 7) is -0.264. The molecule has 3 rings (SSSR count). The first kappa shape index (κ1) is 23.4. The molecule has 0 aliphatic heterocycles. The molecule has 168 valence electrons. The second-order valence-corrected chi connectivity index (χ2v) is 6.98. The summed E-state index contributed by atoms with van der Waals surface area (Å²) in [4.78, 5) is 35.9. The van der Waals surface area contributed by atoms with Crippen molar-refractivity contribution in [1.82, 2.24) is 5.43 Å². The second-order valence-electron chi connectivity index (χ2n) is 6.54. The van der Waals surface area contributed by atoms with Crippen molar-refractivity contribution in [2.24, 2.45) is 5.10 Å². The standard InChI is InChI=1S/C23H18ClFN4O4/c24-16-5-9-18(10-6-16)27-21(30)14-33-20-4-2-1-3-15(20)13-26-29-23(32)22(31)28-19-11-7-17(25)8-12-19/h1-13H,14H2,(H,27,30)(H,28,31)(H,29,32)/b26-13-. The Balaban J connectivity index is 1.52. The van der Waals surface area contributed by atoms with Gasteiger partial charge in [0.05, 0.1) is 6.21 Å². The molecule has 0 spiro atoms. The van der Waals surface area contributed by atoms with E-state index in [-0.39, 0.29) is 18.2 Å². The summed E-state index contributed by atoms with van der Waals surface area (Å²) in [5.74, 6) is -2.49. The average Bonchev–Trinajstić information content (AvgIpc) is 2.81. The Labute approximate surface area is 193 Å². The predicted molar refractivity (Wildman–Crippen MR) is 123 cm³/mol. The van der Waals surface area contributed by atoms with Crippen LogP contribution in [0.3, 0.4) is 0 Å². The van der Waals surface area contributed by atoms with E-state index in [0.717, 1.165) is 12.1 Å². The number of hydrazone groups is 1. The van der Waals surface area contributed by atoms with Crippen molar-refractivity contribution >= 4 is 46.9 Å². The summed E-state index contributed by atoms with van der Waals surface area (Å²) in [6.07, 6.45) is 1.27. The number of carbonyl (C=O) groups is 3. The number of carbonyl (C=O) groups excluding carboxylic acids is 3. The Hall–Kier alpha value is -4.24. The van der Waals surface area contributed by atoms with Gasteiger partial charge in [-0.3, -0.25) is 14.4 Å². The summed E-state index contributed by atoms with van der Waals surface area (Å²) in [5, 5.41) is 9.29. The fraction of sp³-hybridized carbons (Fsp3) is 0.0435. The third-order valence-corrected chi connectivity index (χ3v) is 4.34. The second kappa shape index (κ2) is 11.4. The van der Waals surface area contributed by atoms with Gasteiger partial charge in [-0.2, -0.15) is 5.10 Å². The average molecular weight is 469 g/mol. The zero-order chi connectivity index (χ0) is 23.6. The first-order chi connectivity index (χ1) is 15.9. The van der Waals surface area contributed by atoms with E-state index in [1.54, 1.807) is 48.5 Å². The van der Waals surface area contributed by atoms with Crippen LogP contribution in [0.2, 0.25) is 5.02 Å². The van der Waals surface area contributed by atoms with Crippen LogP contribution in [0, 0.1) is 5.82 Å². The van der Waals surface area contributed by atoms with Crippen molar-refractivity contribution in [3.8, 4) is 5.75 Å². The molecule has 3 amide bonds. The van der Waals surface area contributed by atoms with Gasteiger partial charge in [-0.1, -0.05) is 23.7 Å². The molecule has 0 radical (unpaired) electrons. The van der Waals surface area contributed by atoms with Gasteiger partial charge in [-0.15, -0.1) is 0 Å². The molecule has 0 fully saturated rings. The Bertz CT molecular complexity index is 1170. The molecule has 0 saturated carbocycles. The molecule has 3 aromatic carbocycles. The zero-order valence-electron chi connectivity index (χ0n) is 17.0. The molecule has 33 heavy (non-hydrogen) atoms. The number of nitrogens with one attached hydrogen (secondary N) is 3. The fourth-order valence-corrected chi connectivity index (χ4v) is 2.65. The number of anilines is 2. The monoisotopic (exact) mass is 468 g/mol. The number of hydrogen-bond acceptors (Lipinski definition) is 5. The quantitative estimate of drug-likeness (QED) is 0.280. The summed E-state index contributed by atoms with van der Waals surface area (Å²) >= 11 is 5.82. The first-order valence-corrected chi connectivity index (χ1v) is 9.96. The van der Waals surface area contributed by atoms with Crippen LogP contribution in [0.15, 0.2) is 77.9 Å². The van der Waals surface area contributed by atoms with Crippen LogP contribution >= 0.6 is 11.6 Å². The third-order valence-electron chi connectivity index (χ3n) is 4.08. The molecule has 0 unspecified atom stereocenters. The minimum Gasteiger partial charge on any atom is -0.483 e. The molecule has 0 atom stereocenters. The molecule has 0 aliphatic carbocycles. The van der Waals surface area contributed by atoms with Gasteiger partial charge in [-0.05, 0) is 60.7 Å². The number of nitrogens with zero attached hydrogens (tertiary/aromatic N) is 1. The minimum atomic E-state index is -1.02. The molecule has 0 aromatic heterocycles. The van der Waals surface area contributed by atoms with Gasteiger partial charge >= 0.3 is 11.8 Å². The van der Waals surface area contributed by atoms with Crippen molar-refractivity contribution in [2.75, 3.05) is 17.2 Å². The van der Waals surface area contributed by atoms with Gasteiger partial charge in [0.2, 0.25) is 0 Å². The lowest BCUT2D eigenvalue weighted by Gasteiger charge is -2.09. The molecule has 10 heteroatoms. The highest BCUT2D eigenvalue weighted by Gasteiger charge is 2.13. The minimum absolute atomic E-state index is 0.260. The largest absolute Gasteiger partial charge is 0.483 e. The molecular formula is C23H18ClFN4O4. The molecule has 0 bridgehead atoms. The van der Waals surface area contributed by atoms with Crippen LogP contribution in [0.1, 0.15) is 5.56 Å². The van der Waals surface area contributed by atoms with E-state index in [4.69, 9.17) is 16.3 Å². The van der Waals surface area contributed by atoms with Gasteiger partial charge < -0.3 is 15.4 Å². The van der Waals surface area contributed by atoms with E-state index in [9.17, 15) is 18.8 Å². The van der Waals surface area contributed by atoms with Crippen LogP contribution in [0.5, 0.6) is 5.75 Å². The van der Waals surface area contributed by atoms with Crippen LogP contribution in [-0.4, -0.2) is 30.5 Å². The van der Waals surface area contributed by atoms with Gasteiger partial charge in [-0.25, -0.2) is 9.82 Å². The fourth-order valence-electron chi connectivity index (χ4n) is 2.52. The first-order valence-electron chi connectivity index (χ1n) is 9.58. The van der Waals surface area contributed by atoms with Crippen LogP contribution in [0.25, 0.3) is 0 Å². The third kappa shape index (κ3) is 7.44. The topological polar surface area (TPSA) is 109 Å². The molecule has 8 nitrogen and oxygen atoms in total. The molecule has 0 aliphatic rings. The van der Waals surface area contributed by atoms with Crippen molar-refractivity contribution in [2.45, 2.75) is 0 Å². The summed E-state index contributed by atoms with van der Waals surface area (Å²) in [5.41, 5.74) is 3.39.